The van der Waals surface area contributed by atoms with Crippen LogP contribution in [0.3, 0.4) is 0 Å². The van der Waals surface area contributed by atoms with Gasteiger partial charge in [0.25, 0.3) is 17.7 Å². The van der Waals surface area contributed by atoms with Crippen LogP contribution in [-0.2, 0) is 9.59 Å². The van der Waals surface area contributed by atoms with Gasteiger partial charge in [-0.2, -0.15) is 5.26 Å². The van der Waals surface area contributed by atoms with Crippen LogP contribution in [0.25, 0.3) is 0 Å². The Morgan fingerprint density at radius 3 is 2.24 bits per heavy atom. The van der Waals surface area contributed by atoms with Gasteiger partial charge in [0.2, 0.25) is 11.8 Å². The van der Waals surface area contributed by atoms with Crippen molar-refractivity contribution in [3.05, 3.63) is 75.9 Å². The summed E-state index contributed by atoms with van der Waals surface area (Å²) in [5, 5.41) is 14.7. The van der Waals surface area contributed by atoms with Crippen LogP contribution in [0.2, 0.25) is 5.02 Å². The normalized spacial score (nSPS) is 26.1. The number of anilines is 2. The lowest BCUT2D eigenvalue weighted by atomic mass is 9.93. The first kappa shape index (κ1) is 38.8. The Labute approximate surface area is 344 Å². The third kappa shape index (κ3) is 7.57. The van der Waals surface area contributed by atoms with Crippen LogP contribution in [0, 0.1) is 29.0 Å². The SMILES string of the molecule is N#Cc1ccc(O[C@H]2CC[C@H](NC(=O)c3cnc(N4CCC(N5CC6CN(c7cc8c(cc7F)C(=O)N(C7CCC(=O)NC7=O)C8=O)CC6C5)CC4)cn3)CC2)cc1Cl. The Hall–Kier alpha value is -5.66. The first-order chi connectivity index (χ1) is 28.5. The number of halogens is 2. The molecule has 17 heteroatoms. The van der Waals surface area contributed by atoms with Gasteiger partial charge >= 0.3 is 0 Å². The van der Waals surface area contributed by atoms with Crippen LogP contribution < -0.4 is 25.2 Å². The van der Waals surface area contributed by atoms with E-state index in [4.69, 9.17) is 21.6 Å². The van der Waals surface area contributed by atoms with E-state index in [1.165, 1.54) is 6.07 Å². The summed E-state index contributed by atoms with van der Waals surface area (Å²) in [6.45, 7) is 4.68. The summed E-state index contributed by atoms with van der Waals surface area (Å²) in [6.07, 6.45) is 8.28. The van der Waals surface area contributed by atoms with Gasteiger partial charge in [0, 0.05) is 63.8 Å². The van der Waals surface area contributed by atoms with E-state index < -0.39 is 35.5 Å². The van der Waals surface area contributed by atoms with Crippen molar-refractivity contribution in [1.82, 2.24) is 30.4 Å². The molecule has 3 aromatic rings. The molecule has 0 bridgehead atoms. The fourth-order valence-corrected chi connectivity index (χ4v) is 9.96. The van der Waals surface area contributed by atoms with Crippen LogP contribution in [0.1, 0.15) is 88.1 Å². The quantitative estimate of drug-likeness (QED) is 0.315. The number of piperidine rings is 2. The molecule has 5 aliphatic heterocycles. The summed E-state index contributed by atoms with van der Waals surface area (Å²) < 4.78 is 21.6. The number of carbonyl (C=O) groups is 5. The Morgan fingerprint density at radius 2 is 1.59 bits per heavy atom. The molecule has 3 atom stereocenters. The van der Waals surface area contributed by atoms with Crippen molar-refractivity contribution in [3.63, 3.8) is 0 Å². The van der Waals surface area contributed by atoms with Crippen molar-refractivity contribution in [1.29, 1.82) is 5.26 Å². The number of nitriles is 1. The number of imide groups is 2. The zero-order valence-electron chi connectivity index (χ0n) is 32.2. The van der Waals surface area contributed by atoms with Gasteiger partial charge in [-0.1, -0.05) is 11.6 Å². The Kier molecular flexibility index (Phi) is 10.4. The van der Waals surface area contributed by atoms with E-state index in [1.807, 2.05) is 11.0 Å². The molecular weight excluding hydrogens is 781 g/mol. The minimum atomic E-state index is -1.10. The van der Waals surface area contributed by atoms with E-state index in [0.717, 1.165) is 81.5 Å². The van der Waals surface area contributed by atoms with E-state index in [0.29, 0.717) is 47.3 Å². The highest BCUT2D eigenvalue weighted by atomic mass is 35.5. The molecule has 0 spiro atoms. The summed E-state index contributed by atoms with van der Waals surface area (Å²) in [5.41, 5.74) is 0.995. The smallest absolute Gasteiger partial charge is 0.271 e. The third-order valence-corrected chi connectivity index (χ3v) is 13.2. The third-order valence-electron chi connectivity index (χ3n) is 12.9. The molecule has 9 rings (SSSR count). The summed E-state index contributed by atoms with van der Waals surface area (Å²) in [5.74, 6) is -1.30. The molecule has 6 heterocycles. The molecule has 2 aromatic carbocycles. The molecule has 3 unspecified atom stereocenters. The summed E-state index contributed by atoms with van der Waals surface area (Å²) >= 11 is 6.14. The fourth-order valence-electron chi connectivity index (χ4n) is 9.74. The highest BCUT2D eigenvalue weighted by Crippen LogP contribution is 2.39. The maximum atomic E-state index is 15.6. The number of aromatic nitrogens is 2. The number of nitrogens with one attached hydrogen (secondary N) is 2. The lowest BCUT2D eigenvalue weighted by Crippen LogP contribution is -2.54. The molecule has 59 heavy (non-hydrogen) atoms. The first-order valence-corrected chi connectivity index (χ1v) is 20.7. The highest BCUT2D eigenvalue weighted by molar-refractivity contribution is 6.31. The van der Waals surface area contributed by atoms with E-state index in [2.05, 4.69) is 30.4 Å². The van der Waals surface area contributed by atoms with Gasteiger partial charge in [0.05, 0.1) is 45.9 Å². The maximum absolute atomic E-state index is 15.6. The van der Waals surface area contributed by atoms with E-state index in [9.17, 15) is 24.0 Å². The number of ether oxygens (including phenoxy) is 1. The second kappa shape index (κ2) is 15.8. The van der Waals surface area contributed by atoms with E-state index >= 15 is 4.39 Å². The molecule has 1 saturated carbocycles. The van der Waals surface area contributed by atoms with Gasteiger partial charge in [-0.3, -0.25) is 39.1 Å². The first-order valence-electron chi connectivity index (χ1n) is 20.3. The fraction of sp³-hybridized carbons (Fsp3) is 0.476. The molecule has 5 amide bonds. The molecule has 5 fully saturated rings. The molecule has 4 saturated heterocycles. The second-order valence-electron chi connectivity index (χ2n) is 16.5. The van der Waals surface area contributed by atoms with Gasteiger partial charge in [0.1, 0.15) is 35.2 Å². The summed E-state index contributed by atoms with van der Waals surface area (Å²) in [7, 11) is 0. The number of hydrogen-bond donors (Lipinski definition) is 2. The molecule has 2 N–H and O–H groups in total. The summed E-state index contributed by atoms with van der Waals surface area (Å²) in [4.78, 5) is 80.3. The van der Waals surface area contributed by atoms with Crippen molar-refractivity contribution in [2.45, 2.75) is 75.6 Å². The predicted molar refractivity (Wildman–Crippen MR) is 211 cm³/mol. The second-order valence-corrected chi connectivity index (χ2v) is 16.9. The maximum Gasteiger partial charge on any atom is 0.271 e. The van der Waals surface area contributed by atoms with Gasteiger partial charge in [0.15, 0.2) is 0 Å². The summed E-state index contributed by atoms with van der Waals surface area (Å²) in [6, 6.07) is 8.99. The number of likely N-dealkylation sites (tertiary alicyclic amines) is 1. The zero-order valence-corrected chi connectivity index (χ0v) is 33.0. The molecule has 1 aromatic heterocycles. The van der Waals surface area contributed by atoms with Gasteiger partial charge in [-0.25, -0.2) is 14.4 Å². The molecule has 1 aliphatic carbocycles. The lowest BCUT2D eigenvalue weighted by Gasteiger charge is -2.37. The number of amides is 5. The average Bonchev–Trinajstić information content (AvgIpc) is 3.89. The number of hydrogen-bond acceptors (Lipinski definition) is 12. The molecule has 0 radical (unpaired) electrons. The van der Waals surface area contributed by atoms with Crippen molar-refractivity contribution in [2.75, 3.05) is 49.1 Å². The van der Waals surface area contributed by atoms with Crippen LogP contribution in [0.5, 0.6) is 5.75 Å². The number of nitrogens with zero attached hydrogens (tertiary/aromatic N) is 7. The van der Waals surface area contributed by atoms with Crippen molar-refractivity contribution >= 4 is 52.6 Å². The van der Waals surface area contributed by atoms with Gasteiger partial charge in [-0.15, -0.1) is 0 Å². The number of rotatable bonds is 8. The topological polar surface area (TPSA) is 181 Å². The van der Waals surface area contributed by atoms with Crippen molar-refractivity contribution < 1.29 is 33.1 Å². The Bertz CT molecular complexity index is 2240. The molecular formula is C42H43ClFN9O6. The Balaban J connectivity index is 0.727. The zero-order chi connectivity index (χ0) is 40.9. The largest absolute Gasteiger partial charge is 0.490 e. The average molecular weight is 824 g/mol. The molecule has 15 nitrogen and oxygen atoms in total. The van der Waals surface area contributed by atoms with E-state index in [-0.39, 0.29) is 53.4 Å². The van der Waals surface area contributed by atoms with Crippen LogP contribution in [0.4, 0.5) is 15.9 Å². The lowest BCUT2D eigenvalue weighted by molar-refractivity contribution is -0.136. The van der Waals surface area contributed by atoms with Crippen LogP contribution in [0.15, 0.2) is 42.7 Å². The van der Waals surface area contributed by atoms with Crippen molar-refractivity contribution in [3.8, 4) is 11.8 Å². The van der Waals surface area contributed by atoms with Gasteiger partial charge in [-0.05, 0) is 81.0 Å². The minimum absolute atomic E-state index is 0.00552. The molecule has 6 aliphatic rings. The number of carbonyl (C=O) groups excluding carboxylic acids is 5. The standard InChI is InChI=1S/C42H43ClFN9O6/c43-32-13-29(4-1-23(32)16-45)59-28-5-2-26(3-6-28)48-39(55)34-17-47-37(18-46-34)50-11-9-27(10-12-50)51-19-24-21-52(22-25(24)20-51)36-15-31-30(14-33(36)44)41(57)53(42(31)58)35-7-8-38(54)49-40(35)56/h1,4,13-15,17-18,24-28,35H,2-3,5-12,19-22H2,(H,48,55)(H,49,54,56)/t24?,25?,26-,28-,35?. The van der Waals surface area contributed by atoms with E-state index in [1.54, 1.807) is 30.6 Å². The predicted octanol–water partition coefficient (Wildman–Crippen LogP) is 3.70. The van der Waals surface area contributed by atoms with Gasteiger partial charge < -0.3 is 19.9 Å². The van der Waals surface area contributed by atoms with Crippen LogP contribution in [-0.4, -0.2) is 113 Å². The van der Waals surface area contributed by atoms with Crippen molar-refractivity contribution in [2.24, 2.45) is 11.8 Å². The number of benzene rings is 2. The molecule has 306 valence electrons. The number of fused-ring (bicyclic) bond motifs is 2. The Morgan fingerprint density at radius 1 is 0.881 bits per heavy atom. The minimum Gasteiger partial charge on any atom is -0.490 e. The highest BCUT2D eigenvalue weighted by Gasteiger charge is 2.47. The monoisotopic (exact) mass is 823 g/mol. The van der Waals surface area contributed by atoms with Crippen LogP contribution >= 0.6 is 11.6 Å².